The maximum atomic E-state index is 11.9. The van der Waals surface area contributed by atoms with Gasteiger partial charge in [-0.1, -0.05) is 6.92 Å². The van der Waals surface area contributed by atoms with Crippen molar-refractivity contribution in [2.75, 3.05) is 31.7 Å². The number of ether oxygens (including phenoxy) is 2. The lowest BCUT2D eigenvalue weighted by Gasteiger charge is -2.32. The average molecular weight is 336 g/mol. The molecule has 0 radical (unpaired) electrons. The first-order valence-electron chi connectivity index (χ1n) is 7.69. The van der Waals surface area contributed by atoms with Gasteiger partial charge in [0.2, 0.25) is 0 Å². The van der Waals surface area contributed by atoms with Crippen LogP contribution in [0, 0.1) is 16.0 Å². The SMILES string of the molecule is COC(=O)COC(=O)c1ccc(N2CCCC(C)C2)c([N+](=O)[O-])c1. The van der Waals surface area contributed by atoms with Gasteiger partial charge in [0.1, 0.15) is 5.69 Å². The van der Waals surface area contributed by atoms with E-state index in [1.165, 1.54) is 19.2 Å². The maximum absolute atomic E-state index is 11.9. The predicted molar refractivity (Wildman–Crippen MR) is 86.0 cm³/mol. The van der Waals surface area contributed by atoms with Crippen LogP contribution in [0.1, 0.15) is 30.1 Å². The maximum Gasteiger partial charge on any atom is 0.344 e. The first-order chi connectivity index (χ1) is 11.4. The normalized spacial score (nSPS) is 17.2. The Morgan fingerprint density at radius 2 is 2.17 bits per heavy atom. The van der Waals surface area contributed by atoms with Crippen LogP contribution < -0.4 is 4.90 Å². The van der Waals surface area contributed by atoms with Crippen molar-refractivity contribution >= 4 is 23.3 Å². The Kier molecular flexibility index (Phi) is 5.73. The van der Waals surface area contributed by atoms with E-state index in [-0.39, 0.29) is 11.3 Å². The van der Waals surface area contributed by atoms with Gasteiger partial charge in [0, 0.05) is 19.2 Å². The zero-order chi connectivity index (χ0) is 17.7. The van der Waals surface area contributed by atoms with Crippen molar-refractivity contribution < 1.29 is 24.0 Å². The molecule has 1 heterocycles. The molecule has 24 heavy (non-hydrogen) atoms. The van der Waals surface area contributed by atoms with Crippen molar-refractivity contribution in [2.24, 2.45) is 5.92 Å². The highest BCUT2D eigenvalue weighted by molar-refractivity contribution is 5.92. The number of rotatable bonds is 5. The first-order valence-corrected chi connectivity index (χ1v) is 7.69. The molecule has 0 bridgehead atoms. The average Bonchev–Trinajstić information content (AvgIpc) is 2.58. The van der Waals surface area contributed by atoms with E-state index in [0.29, 0.717) is 11.6 Å². The lowest BCUT2D eigenvalue weighted by molar-refractivity contribution is -0.384. The van der Waals surface area contributed by atoms with E-state index in [2.05, 4.69) is 11.7 Å². The second kappa shape index (κ2) is 7.76. The van der Waals surface area contributed by atoms with E-state index in [1.54, 1.807) is 6.07 Å². The van der Waals surface area contributed by atoms with Crippen LogP contribution in [-0.4, -0.2) is 43.7 Å². The summed E-state index contributed by atoms with van der Waals surface area (Å²) in [6.07, 6.45) is 2.07. The molecule has 0 spiro atoms. The molecule has 1 unspecified atom stereocenters. The summed E-state index contributed by atoms with van der Waals surface area (Å²) in [6, 6.07) is 4.22. The Labute approximate surface area is 139 Å². The van der Waals surface area contributed by atoms with Crippen LogP contribution in [0.5, 0.6) is 0 Å². The van der Waals surface area contributed by atoms with E-state index in [0.717, 1.165) is 25.9 Å². The number of benzene rings is 1. The van der Waals surface area contributed by atoms with Gasteiger partial charge >= 0.3 is 11.9 Å². The number of carbonyl (C=O) groups is 2. The molecule has 1 aromatic rings. The number of hydrogen-bond acceptors (Lipinski definition) is 7. The number of methoxy groups -OCH3 is 1. The lowest BCUT2D eigenvalue weighted by atomic mass is 9.99. The fraction of sp³-hybridized carbons (Fsp3) is 0.500. The van der Waals surface area contributed by atoms with Crippen LogP contribution in [0.2, 0.25) is 0 Å². The third kappa shape index (κ3) is 4.21. The molecule has 0 saturated carbocycles. The molecular formula is C16H20N2O6. The number of nitro groups is 1. The molecule has 0 aliphatic carbocycles. The summed E-state index contributed by atoms with van der Waals surface area (Å²) in [5.41, 5.74) is 0.382. The Bertz CT molecular complexity index is 645. The summed E-state index contributed by atoms with van der Waals surface area (Å²) in [5.74, 6) is -1.04. The Hall–Kier alpha value is -2.64. The summed E-state index contributed by atoms with van der Waals surface area (Å²) >= 11 is 0. The van der Waals surface area contributed by atoms with Gasteiger partial charge in [-0.15, -0.1) is 0 Å². The Balaban J connectivity index is 2.21. The number of piperidine rings is 1. The van der Waals surface area contributed by atoms with Gasteiger partial charge in [0.05, 0.1) is 17.6 Å². The van der Waals surface area contributed by atoms with Gasteiger partial charge in [-0.2, -0.15) is 0 Å². The van der Waals surface area contributed by atoms with Gasteiger partial charge in [-0.25, -0.2) is 9.59 Å². The molecule has 1 saturated heterocycles. The standard InChI is InChI=1S/C16H20N2O6/c1-11-4-3-7-17(9-11)13-6-5-12(8-14(13)18(21)22)16(20)24-10-15(19)23-2/h5-6,8,11H,3-4,7,9-10H2,1-2H3. The fourth-order valence-corrected chi connectivity index (χ4v) is 2.74. The smallest absolute Gasteiger partial charge is 0.344 e. The zero-order valence-electron chi connectivity index (χ0n) is 13.7. The molecule has 1 fully saturated rings. The van der Waals surface area contributed by atoms with Gasteiger partial charge in [0.25, 0.3) is 5.69 Å². The molecule has 1 atom stereocenters. The molecular weight excluding hydrogens is 316 g/mol. The molecule has 1 aliphatic rings. The number of hydrogen-bond donors (Lipinski definition) is 0. The molecule has 8 nitrogen and oxygen atoms in total. The number of esters is 2. The molecule has 0 amide bonds. The quantitative estimate of drug-likeness (QED) is 0.461. The van der Waals surface area contributed by atoms with Gasteiger partial charge in [-0.3, -0.25) is 10.1 Å². The summed E-state index contributed by atoms with van der Waals surface area (Å²) in [7, 11) is 1.18. The Morgan fingerprint density at radius 3 is 2.79 bits per heavy atom. The van der Waals surface area contributed by atoms with Crippen molar-refractivity contribution in [1.29, 1.82) is 0 Å². The summed E-state index contributed by atoms with van der Waals surface area (Å²) in [6.45, 7) is 3.06. The van der Waals surface area contributed by atoms with Crippen molar-refractivity contribution in [1.82, 2.24) is 0 Å². The second-order valence-corrected chi connectivity index (χ2v) is 5.81. The zero-order valence-corrected chi connectivity index (χ0v) is 13.7. The van der Waals surface area contributed by atoms with Crippen molar-refractivity contribution in [2.45, 2.75) is 19.8 Å². The highest BCUT2D eigenvalue weighted by atomic mass is 16.6. The summed E-state index contributed by atoms with van der Waals surface area (Å²) < 4.78 is 9.14. The minimum absolute atomic E-state index is 0.0272. The van der Waals surface area contributed by atoms with Gasteiger partial charge in [-0.05, 0) is 30.9 Å². The van der Waals surface area contributed by atoms with E-state index in [9.17, 15) is 19.7 Å². The van der Waals surface area contributed by atoms with Crippen LogP contribution >= 0.6 is 0 Å². The molecule has 2 rings (SSSR count). The number of nitrogens with zero attached hydrogens (tertiary/aromatic N) is 2. The van der Waals surface area contributed by atoms with Crippen LogP contribution in [0.15, 0.2) is 18.2 Å². The monoisotopic (exact) mass is 336 g/mol. The molecule has 1 aromatic carbocycles. The van der Waals surface area contributed by atoms with E-state index < -0.39 is 23.5 Å². The van der Waals surface area contributed by atoms with Crippen molar-refractivity contribution in [3.05, 3.63) is 33.9 Å². The van der Waals surface area contributed by atoms with Crippen LogP contribution in [-0.2, 0) is 14.3 Å². The molecule has 130 valence electrons. The van der Waals surface area contributed by atoms with Crippen molar-refractivity contribution in [3.8, 4) is 0 Å². The topological polar surface area (TPSA) is 99.0 Å². The van der Waals surface area contributed by atoms with E-state index in [4.69, 9.17) is 4.74 Å². The fourth-order valence-electron chi connectivity index (χ4n) is 2.74. The minimum Gasteiger partial charge on any atom is -0.466 e. The summed E-state index contributed by atoms with van der Waals surface area (Å²) in [5, 5.41) is 11.4. The van der Waals surface area contributed by atoms with E-state index in [1.807, 2.05) is 4.90 Å². The van der Waals surface area contributed by atoms with E-state index >= 15 is 0 Å². The number of nitro benzene ring substituents is 1. The van der Waals surface area contributed by atoms with Gasteiger partial charge < -0.3 is 14.4 Å². The molecule has 1 aliphatic heterocycles. The first kappa shape index (κ1) is 17.7. The third-order valence-corrected chi connectivity index (χ3v) is 3.95. The predicted octanol–water partition coefficient (Wildman–Crippen LogP) is 2.16. The van der Waals surface area contributed by atoms with Crippen molar-refractivity contribution in [3.63, 3.8) is 0 Å². The third-order valence-electron chi connectivity index (χ3n) is 3.95. The summed E-state index contributed by atoms with van der Waals surface area (Å²) in [4.78, 5) is 35.8. The Morgan fingerprint density at radius 1 is 1.42 bits per heavy atom. The van der Waals surface area contributed by atoms with Gasteiger partial charge in [0.15, 0.2) is 6.61 Å². The molecule has 8 heteroatoms. The van der Waals surface area contributed by atoms with Crippen LogP contribution in [0.4, 0.5) is 11.4 Å². The highest BCUT2D eigenvalue weighted by Gasteiger charge is 2.25. The number of anilines is 1. The highest BCUT2D eigenvalue weighted by Crippen LogP contribution is 2.32. The van der Waals surface area contributed by atoms with Crippen LogP contribution in [0.3, 0.4) is 0 Å². The largest absolute Gasteiger partial charge is 0.466 e. The minimum atomic E-state index is -0.804. The lowest BCUT2D eigenvalue weighted by Crippen LogP contribution is -2.34. The number of carbonyl (C=O) groups excluding carboxylic acids is 2. The molecule has 0 aromatic heterocycles. The molecule has 0 N–H and O–H groups in total. The van der Waals surface area contributed by atoms with Crippen LogP contribution in [0.25, 0.3) is 0 Å². The second-order valence-electron chi connectivity index (χ2n) is 5.81.